The molecule has 0 spiro atoms. The Labute approximate surface area is 198 Å². The Morgan fingerprint density at radius 1 is 0.613 bits per heavy atom. The summed E-state index contributed by atoms with van der Waals surface area (Å²) < 4.78 is 128. The summed E-state index contributed by atoms with van der Waals surface area (Å²) in [6.07, 6.45) is 0. The van der Waals surface area contributed by atoms with Gasteiger partial charge in [0.1, 0.15) is 11.5 Å². The molecular formula is C15H10F4Li2O8S2. The largest absolute Gasteiger partial charge is 1.00 e. The van der Waals surface area contributed by atoms with Crippen LogP contribution in [0.1, 0.15) is 11.1 Å². The third-order valence-electron chi connectivity index (χ3n) is 4.10. The van der Waals surface area contributed by atoms with E-state index in [0.717, 1.165) is 0 Å². The smallest absolute Gasteiger partial charge is 0.743 e. The average molecular weight is 472 g/mol. The molecule has 160 valence electrons. The molecule has 0 radical (unpaired) electrons. The van der Waals surface area contributed by atoms with Crippen LogP contribution < -0.4 is 37.7 Å². The molecule has 0 aliphatic rings. The Balaban J connectivity index is 0.00000450. The van der Waals surface area contributed by atoms with Crippen LogP contribution in [-0.2, 0) is 25.7 Å². The molecule has 0 fully saturated rings. The van der Waals surface area contributed by atoms with Gasteiger partial charge in [0.25, 0.3) is 0 Å². The van der Waals surface area contributed by atoms with Gasteiger partial charge >= 0.3 is 48.2 Å². The monoisotopic (exact) mass is 472 g/mol. The summed E-state index contributed by atoms with van der Waals surface area (Å²) >= 11 is 0. The Morgan fingerprint density at radius 2 is 0.839 bits per heavy atom. The second kappa shape index (κ2) is 9.33. The van der Waals surface area contributed by atoms with E-state index in [1.54, 1.807) is 0 Å². The molecule has 0 aromatic heterocycles. The van der Waals surface area contributed by atoms with Crippen molar-refractivity contribution in [2.45, 2.75) is 15.9 Å². The van der Waals surface area contributed by atoms with Gasteiger partial charge in [-0.15, -0.1) is 0 Å². The standard InChI is InChI=1S/C15H12F4O8S2.2Li/c16-14(17,28(22,23)24)13(15(18,19)29(25,26)27,9-1-5-11(20)6-2-9)10-3-7-12(21)8-4-10;;/h1-8,20-21H,(H,22,23,24)(H,25,26,27);;/q;2*+1/p-2. The van der Waals surface area contributed by atoms with E-state index in [2.05, 4.69) is 0 Å². The third-order valence-corrected chi connectivity index (χ3v) is 5.97. The van der Waals surface area contributed by atoms with Gasteiger partial charge in [-0.05, 0) is 35.4 Å². The molecule has 0 saturated carbocycles. The van der Waals surface area contributed by atoms with Gasteiger partial charge in [-0.3, -0.25) is 0 Å². The molecule has 0 saturated heterocycles. The van der Waals surface area contributed by atoms with Gasteiger partial charge in [-0.1, -0.05) is 24.3 Å². The maximum atomic E-state index is 14.9. The molecule has 16 heteroatoms. The molecule has 0 unspecified atom stereocenters. The van der Waals surface area contributed by atoms with E-state index in [-0.39, 0.29) is 37.7 Å². The van der Waals surface area contributed by atoms with E-state index < -0.39 is 58.8 Å². The summed E-state index contributed by atoms with van der Waals surface area (Å²) in [5.41, 5.74) is -7.81. The fraction of sp³-hybridized carbons (Fsp3) is 0.200. The molecule has 0 bridgehead atoms. The second-order valence-electron chi connectivity index (χ2n) is 5.79. The third kappa shape index (κ3) is 4.63. The van der Waals surface area contributed by atoms with Gasteiger partial charge in [0, 0.05) is 0 Å². The summed E-state index contributed by atoms with van der Waals surface area (Å²) in [7, 11) is -14.0. The van der Waals surface area contributed by atoms with Gasteiger partial charge < -0.3 is 19.3 Å². The predicted molar refractivity (Wildman–Crippen MR) is 86.3 cm³/mol. The number of rotatable bonds is 6. The van der Waals surface area contributed by atoms with Crippen molar-refractivity contribution in [1.29, 1.82) is 0 Å². The van der Waals surface area contributed by atoms with Crippen LogP contribution in [0.5, 0.6) is 11.5 Å². The number of halogens is 4. The number of aromatic hydroxyl groups is 2. The first-order valence-electron chi connectivity index (χ1n) is 7.25. The molecule has 0 atom stereocenters. The molecule has 2 rings (SSSR count). The summed E-state index contributed by atoms with van der Waals surface area (Å²) in [5, 5.41) is 6.40. The fourth-order valence-corrected chi connectivity index (χ4v) is 4.35. The van der Waals surface area contributed by atoms with Crippen molar-refractivity contribution in [3.05, 3.63) is 59.7 Å². The molecule has 0 aliphatic carbocycles. The van der Waals surface area contributed by atoms with E-state index >= 15 is 0 Å². The molecule has 8 nitrogen and oxygen atoms in total. The van der Waals surface area contributed by atoms with Crippen molar-refractivity contribution in [1.82, 2.24) is 0 Å². The quantitative estimate of drug-likeness (QED) is 0.243. The molecule has 2 aromatic rings. The topological polar surface area (TPSA) is 155 Å². The minimum absolute atomic E-state index is 0. The van der Waals surface area contributed by atoms with Crippen LogP contribution in [0.2, 0.25) is 0 Å². The summed E-state index contributed by atoms with van der Waals surface area (Å²) in [4.78, 5) is 0. The average Bonchev–Trinajstić information content (AvgIpc) is 2.56. The maximum absolute atomic E-state index is 14.9. The summed E-state index contributed by atoms with van der Waals surface area (Å²) in [5.74, 6) is -1.34. The van der Waals surface area contributed by atoms with Crippen molar-refractivity contribution in [2.24, 2.45) is 0 Å². The summed E-state index contributed by atoms with van der Waals surface area (Å²) in [6, 6.07) is 3.36. The SMILES string of the molecule is O=S(=O)([O-])C(F)(F)C(c1ccc(O)cc1)(c1ccc(O)cc1)C(F)(F)S(=O)(=O)[O-].[Li+].[Li+]. The first-order valence-corrected chi connectivity index (χ1v) is 10.1. The van der Waals surface area contributed by atoms with Crippen LogP contribution in [0.4, 0.5) is 17.6 Å². The zero-order valence-electron chi connectivity index (χ0n) is 15.8. The minimum Gasteiger partial charge on any atom is -0.743 e. The second-order valence-corrected chi connectivity index (χ2v) is 8.63. The van der Waals surface area contributed by atoms with E-state index in [1.165, 1.54) is 0 Å². The van der Waals surface area contributed by atoms with E-state index in [9.17, 15) is 53.7 Å². The molecular weight excluding hydrogens is 462 g/mol. The zero-order valence-corrected chi connectivity index (χ0v) is 17.4. The van der Waals surface area contributed by atoms with E-state index in [1.807, 2.05) is 0 Å². The fourth-order valence-electron chi connectivity index (χ4n) is 2.81. The Bertz CT molecular complexity index is 1030. The molecule has 0 heterocycles. The molecule has 0 amide bonds. The van der Waals surface area contributed by atoms with E-state index in [0.29, 0.717) is 48.5 Å². The van der Waals surface area contributed by atoms with Crippen LogP contribution >= 0.6 is 0 Å². The number of phenols is 2. The van der Waals surface area contributed by atoms with Crippen molar-refractivity contribution in [2.75, 3.05) is 0 Å². The van der Waals surface area contributed by atoms with Gasteiger partial charge in [0.05, 0.1) is 0 Å². The predicted octanol–water partition coefficient (Wildman–Crippen LogP) is -4.33. The Kier molecular flexibility index (Phi) is 8.96. The van der Waals surface area contributed by atoms with Gasteiger partial charge in [-0.2, -0.15) is 17.6 Å². The number of hydrogen-bond acceptors (Lipinski definition) is 8. The molecule has 2 N–H and O–H groups in total. The number of hydrogen-bond donors (Lipinski definition) is 2. The normalized spacial score (nSPS) is 13.1. The maximum Gasteiger partial charge on any atom is 1.00 e. The van der Waals surface area contributed by atoms with Crippen molar-refractivity contribution >= 4 is 20.2 Å². The van der Waals surface area contributed by atoms with Crippen LogP contribution in [0.25, 0.3) is 0 Å². The van der Waals surface area contributed by atoms with Crippen LogP contribution in [0.3, 0.4) is 0 Å². The summed E-state index contributed by atoms with van der Waals surface area (Å²) in [6.45, 7) is 0. The number of alkyl halides is 4. The minimum atomic E-state index is -7.01. The first-order chi connectivity index (χ1) is 13.0. The number of benzene rings is 2. The van der Waals surface area contributed by atoms with Gasteiger partial charge in [0.2, 0.25) is 0 Å². The van der Waals surface area contributed by atoms with Gasteiger partial charge in [-0.25, -0.2) is 16.8 Å². The van der Waals surface area contributed by atoms with Crippen LogP contribution in [0.15, 0.2) is 48.5 Å². The van der Waals surface area contributed by atoms with E-state index in [4.69, 9.17) is 0 Å². The van der Waals surface area contributed by atoms with Crippen molar-refractivity contribution in [3.8, 4) is 11.5 Å². The Hall–Kier alpha value is -1.23. The van der Waals surface area contributed by atoms with Crippen molar-refractivity contribution < 1.29 is 91.4 Å². The van der Waals surface area contributed by atoms with Crippen LogP contribution in [-0.4, -0.2) is 46.7 Å². The molecule has 2 aromatic carbocycles. The first kappa shape index (κ1) is 29.8. The van der Waals surface area contributed by atoms with Crippen LogP contribution in [0, 0.1) is 0 Å². The van der Waals surface area contributed by atoms with Crippen molar-refractivity contribution in [3.63, 3.8) is 0 Å². The molecule has 0 aliphatic heterocycles. The molecule has 31 heavy (non-hydrogen) atoms. The Morgan fingerprint density at radius 3 is 1.03 bits per heavy atom. The zero-order chi connectivity index (χ0) is 22.5. The number of phenolic OH excluding ortho intramolecular Hbond substituents is 2. The van der Waals surface area contributed by atoms with Gasteiger partial charge in [0.15, 0.2) is 25.7 Å².